The number of ether oxygens (including phenoxy) is 1. The summed E-state index contributed by atoms with van der Waals surface area (Å²) in [7, 11) is 0. The van der Waals surface area contributed by atoms with E-state index < -0.39 is 6.09 Å². The highest BCUT2D eigenvalue weighted by molar-refractivity contribution is 5.67. The van der Waals surface area contributed by atoms with Gasteiger partial charge in [-0.1, -0.05) is 11.6 Å². The van der Waals surface area contributed by atoms with Crippen molar-refractivity contribution in [2.45, 2.75) is 50.6 Å². The Hall–Kier alpha value is -1.03. The molecule has 0 aromatic carbocycles. The molecular weight excluding hydrogens is 230 g/mol. The van der Waals surface area contributed by atoms with Crippen LogP contribution in [0.3, 0.4) is 0 Å². The van der Waals surface area contributed by atoms with Gasteiger partial charge < -0.3 is 14.7 Å². The fourth-order valence-corrected chi connectivity index (χ4v) is 3.23. The number of piperidine rings is 1. The van der Waals surface area contributed by atoms with E-state index in [1.807, 2.05) is 0 Å². The van der Waals surface area contributed by atoms with Gasteiger partial charge in [-0.3, -0.25) is 0 Å². The van der Waals surface area contributed by atoms with E-state index in [1.165, 1.54) is 18.4 Å². The predicted octanol–water partition coefficient (Wildman–Crippen LogP) is 2.64. The van der Waals surface area contributed by atoms with Crippen LogP contribution in [0, 0.1) is 5.92 Å². The van der Waals surface area contributed by atoms with Gasteiger partial charge in [-0.15, -0.1) is 0 Å². The molecule has 2 aliphatic heterocycles. The van der Waals surface area contributed by atoms with Gasteiger partial charge in [0.2, 0.25) is 0 Å². The minimum Gasteiger partial charge on any atom is -0.465 e. The molecule has 3 rings (SSSR count). The summed E-state index contributed by atoms with van der Waals surface area (Å²) in [5.74, 6) is 0.813. The topological polar surface area (TPSA) is 49.8 Å². The standard InChI is InChI=1S/C14H21NO3/c16-14(17)15-12-3-4-13(15)8-11(7-12)5-6-18-9-10-1-2-10/h5,10,12-13H,1-4,6-9H2,(H,16,17). The first-order valence-corrected chi connectivity index (χ1v) is 7.01. The molecule has 4 heteroatoms. The molecular formula is C14H21NO3. The van der Waals surface area contributed by atoms with Crippen molar-refractivity contribution >= 4 is 6.09 Å². The van der Waals surface area contributed by atoms with Gasteiger partial charge in [0.1, 0.15) is 0 Å². The van der Waals surface area contributed by atoms with E-state index in [4.69, 9.17) is 9.84 Å². The average Bonchev–Trinajstić information content (AvgIpc) is 3.11. The van der Waals surface area contributed by atoms with Crippen LogP contribution in [0.25, 0.3) is 0 Å². The Morgan fingerprint density at radius 2 is 1.94 bits per heavy atom. The van der Waals surface area contributed by atoms with Crippen molar-refractivity contribution in [3.05, 3.63) is 11.6 Å². The Bertz CT molecular complexity index is 346. The molecule has 1 amide bonds. The number of hydrogen-bond donors (Lipinski definition) is 1. The lowest BCUT2D eigenvalue weighted by molar-refractivity contribution is 0.112. The van der Waals surface area contributed by atoms with E-state index in [1.54, 1.807) is 4.90 Å². The number of fused-ring (bicyclic) bond motifs is 2. The van der Waals surface area contributed by atoms with Crippen LogP contribution in [-0.2, 0) is 4.74 Å². The van der Waals surface area contributed by atoms with Crippen molar-refractivity contribution in [3.8, 4) is 0 Å². The molecule has 2 bridgehead atoms. The highest BCUT2D eigenvalue weighted by Crippen LogP contribution is 2.38. The Morgan fingerprint density at radius 1 is 1.28 bits per heavy atom. The van der Waals surface area contributed by atoms with E-state index in [0.29, 0.717) is 6.61 Å². The predicted molar refractivity (Wildman–Crippen MR) is 67.5 cm³/mol. The van der Waals surface area contributed by atoms with Crippen molar-refractivity contribution in [1.29, 1.82) is 0 Å². The lowest BCUT2D eigenvalue weighted by atomic mass is 9.97. The minimum absolute atomic E-state index is 0.218. The molecule has 3 fully saturated rings. The first-order valence-electron chi connectivity index (χ1n) is 7.01. The highest BCUT2D eigenvalue weighted by Gasteiger charge is 2.41. The molecule has 100 valence electrons. The third-order valence-electron chi connectivity index (χ3n) is 4.38. The van der Waals surface area contributed by atoms with Crippen LogP contribution in [0.15, 0.2) is 11.6 Å². The number of rotatable bonds is 4. The van der Waals surface area contributed by atoms with Gasteiger partial charge >= 0.3 is 6.09 Å². The van der Waals surface area contributed by atoms with Crippen LogP contribution >= 0.6 is 0 Å². The number of amides is 1. The fourth-order valence-electron chi connectivity index (χ4n) is 3.23. The van der Waals surface area contributed by atoms with Crippen molar-refractivity contribution in [2.75, 3.05) is 13.2 Å². The van der Waals surface area contributed by atoms with Gasteiger partial charge in [0.25, 0.3) is 0 Å². The summed E-state index contributed by atoms with van der Waals surface area (Å²) in [5.41, 5.74) is 1.40. The Kier molecular flexibility index (Phi) is 3.29. The molecule has 3 aliphatic rings. The third-order valence-corrected chi connectivity index (χ3v) is 4.38. The first-order chi connectivity index (χ1) is 8.74. The molecule has 0 aromatic heterocycles. The van der Waals surface area contributed by atoms with E-state index in [2.05, 4.69) is 6.08 Å². The van der Waals surface area contributed by atoms with Crippen molar-refractivity contribution in [3.63, 3.8) is 0 Å². The monoisotopic (exact) mass is 251 g/mol. The van der Waals surface area contributed by atoms with Gasteiger partial charge in [-0.05, 0) is 44.4 Å². The molecule has 2 heterocycles. The smallest absolute Gasteiger partial charge is 0.407 e. The average molecular weight is 251 g/mol. The SMILES string of the molecule is O=C(O)N1C2CCC1CC(=CCOCC1CC1)C2. The third kappa shape index (κ3) is 2.53. The Balaban J connectivity index is 1.50. The van der Waals surface area contributed by atoms with Gasteiger partial charge in [0, 0.05) is 18.7 Å². The molecule has 2 atom stereocenters. The second kappa shape index (κ2) is 4.92. The quantitative estimate of drug-likeness (QED) is 0.617. The lowest BCUT2D eigenvalue weighted by Crippen LogP contribution is -2.43. The molecule has 18 heavy (non-hydrogen) atoms. The number of carboxylic acid groups (broad SMARTS) is 1. The van der Waals surface area contributed by atoms with E-state index in [0.717, 1.165) is 38.2 Å². The molecule has 1 N–H and O–H groups in total. The number of carbonyl (C=O) groups is 1. The maximum atomic E-state index is 11.1. The molecule has 0 spiro atoms. The second-order valence-corrected chi connectivity index (χ2v) is 5.83. The molecule has 1 aliphatic carbocycles. The van der Waals surface area contributed by atoms with Crippen LogP contribution in [0.4, 0.5) is 4.79 Å². The van der Waals surface area contributed by atoms with Gasteiger partial charge in [-0.2, -0.15) is 0 Å². The van der Waals surface area contributed by atoms with Crippen LogP contribution in [0.5, 0.6) is 0 Å². The normalized spacial score (nSPS) is 30.7. The van der Waals surface area contributed by atoms with Crippen LogP contribution in [0.2, 0.25) is 0 Å². The summed E-state index contributed by atoms with van der Waals surface area (Å²) in [4.78, 5) is 12.8. The summed E-state index contributed by atoms with van der Waals surface area (Å²) >= 11 is 0. The van der Waals surface area contributed by atoms with Crippen LogP contribution < -0.4 is 0 Å². The highest BCUT2D eigenvalue weighted by atomic mass is 16.5. The van der Waals surface area contributed by atoms with Crippen LogP contribution in [-0.4, -0.2) is 41.4 Å². The Labute approximate surface area is 108 Å². The van der Waals surface area contributed by atoms with Gasteiger partial charge in [-0.25, -0.2) is 4.79 Å². The zero-order valence-corrected chi connectivity index (χ0v) is 10.7. The summed E-state index contributed by atoms with van der Waals surface area (Å²) in [6.07, 6.45) is 7.97. The molecule has 0 aromatic rings. The molecule has 2 unspecified atom stereocenters. The summed E-state index contributed by atoms with van der Waals surface area (Å²) in [6, 6.07) is 0.437. The molecule has 2 saturated heterocycles. The minimum atomic E-state index is -0.744. The van der Waals surface area contributed by atoms with Crippen molar-refractivity contribution in [1.82, 2.24) is 4.90 Å². The van der Waals surface area contributed by atoms with Gasteiger partial charge in [0.15, 0.2) is 0 Å². The van der Waals surface area contributed by atoms with E-state index >= 15 is 0 Å². The zero-order valence-electron chi connectivity index (χ0n) is 10.7. The maximum absolute atomic E-state index is 11.1. The zero-order chi connectivity index (χ0) is 12.5. The largest absolute Gasteiger partial charge is 0.465 e. The number of hydrogen-bond acceptors (Lipinski definition) is 2. The molecule has 0 radical (unpaired) electrons. The van der Waals surface area contributed by atoms with E-state index in [9.17, 15) is 4.79 Å². The maximum Gasteiger partial charge on any atom is 0.407 e. The molecule has 4 nitrogen and oxygen atoms in total. The van der Waals surface area contributed by atoms with E-state index in [-0.39, 0.29) is 12.1 Å². The first kappa shape index (κ1) is 12.0. The van der Waals surface area contributed by atoms with Crippen LogP contribution in [0.1, 0.15) is 38.5 Å². The fraction of sp³-hybridized carbons (Fsp3) is 0.786. The molecule has 1 saturated carbocycles. The number of nitrogens with zero attached hydrogens (tertiary/aromatic N) is 1. The second-order valence-electron chi connectivity index (χ2n) is 5.83. The summed E-state index contributed by atoms with van der Waals surface area (Å²) < 4.78 is 5.62. The summed E-state index contributed by atoms with van der Waals surface area (Å²) in [6.45, 7) is 1.61. The Morgan fingerprint density at radius 3 is 2.50 bits per heavy atom. The van der Waals surface area contributed by atoms with Crippen molar-refractivity contribution in [2.24, 2.45) is 5.92 Å². The summed E-state index contributed by atoms with van der Waals surface area (Å²) in [5, 5.41) is 9.17. The van der Waals surface area contributed by atoms with Crippen molar-refractivity contribution < 1.29 is 14.6 Å². The van der Waals surface area contributed by atoms with Gasteiger partial charge in [0.05, 0.1) is 6.61 Å². The lowest BCUT2D eigenvalue weighted by Gasteiger charge is -2.33.